The summed E-state index contributed by atoms with van der Waals surface area (Å²) in [5.41, 5.74) is 12.7. The third-order valence-corrected chi connectivity index (χ3v) is 2.30. The average molecular weight is 235 g/mol. The van der Waals surface area contributed by atoms with Crippen LogP contribution in [0.25, 0.3) is 11.0 Å². The van der Waals surface area contributed by atoms with E-state index < -0.39 is 12.0 Å². The fraction of sp³-hybridized carbons (Fsp3) is 0.200. The van der Waals surface area contributed by atoms with Gasteiger partial charge in [-0.3, -0.25) is 4.79 Å². The van der Waals surface area contributed by atoms with Crippen LogP contribution in [-0.4, -0.2) is 33.6 Å². The summed E-state index contributed by atoms with van der Waals surface area (Å²) in [6, 6.07) is 5.26. The van der Waals surface area contributed by atoms with Crippen LogP contribution in [-0.2, 0) is 4.79 Å². The molecule has 0 aliphatic rings. The van der Waals surface area contributed by atoms with E-state index >= 15 is 0 Å². The van der Waals surface area contributed by atoms with Crippen molar-refractivity contribution in [2.24, 2.45) is 5.73 Å². The van der Waals surface area contributed by atoms with E-state index in [0.29, 0.717) is 11.6 Å². The number of aliphatic hydroxyl groups is 1. The number of hydrogen-bond acceptors (Lipinski definition) is 5. The van der Waals surface area contributed by atoms with Crippen molar-refractivity contribution in [1.29, 1.82) is 0 Å². The number of benzene rings is 1. The van der Waals surface area contributed by atoms with Gasteiger partial charge in [-0.1, -0.05) is 0 Å². The lowest BCUT2D eigenvalue weighted by Gasteiger charge is -2.06. The highest BCUT2D eigenvalue weighted by Crippen LogP contribution is 2.16. The number of carbonyl (C=O) groups is 1. The first-order valence-corrected chi connectivity index (χ1v) is 5.03. The van der Waals surface area contributed by atoms with E-state index in [1.165, 1.54) is 0 Å². The minimum Gasteiger partial charge on any atom is -0.399 e. The zero-order valence-electron chi connectivity index (χ0n) is 8.97. The Morgan fingerprint density at radius 2 is 2.35 bits per heavy atom. The monoisotopic (exact) mass is 235 g/mol. The van der Waals surface area contributed by atoms with Gasteiger partial charge >= 0.3 is 0 Å². The number of nitrogens with zero attached hydrogens (tertiary/aromatic N) is 1. The third kappa shape index (κ3) is 2.45. The average Bonchev–Trinajstić information content (AvgIpc) is 2.67. The van der Waals surface area contributed by atoms with Crippen LogP contribution >= 0.6 is 0 Å². The molecule has 0 radical (unpaired) electrons. The number of nitrogen functional groups attached to an aromatic ring is 1. The van der Waals surface area contributed by atoms with Crippen molar-refractivity contribution in [3.63, 3.8) is 0 Å². The van der Waals surface area contributed by atoms with E-state index in [2.05, 4.69) is 15.3 Å². The van der Waals surface area contributed by atoms with Crippen LogP contribution in [0.2, 0.25) is 0 Å². The maximum absolute atomic E-state index is 10.6. The first-order valence-electron chi connectivity index (χ1n) is 5.03. The molecule has 1 unspecified atom stereocenters. The molecule has 0 saturated heterocycles. The molecule has 1 heterocycles. The molecule has 90 valence electrons. The topological polar surface area (TPSA) is 130 Å². The molecule has 2 rings (SSSR count). The van der Waals surface area contributed by atoms with Crippen LogP contribution in [0.5, 0.6) is 0 Å². The second-order valence-corrected chi connectivity index (χ2v) is 3.66. The van der Waals surface area contributed by atoms with Crippen molar-refractivity contribution >= 4 is 28.6 Å². The van der Waals surface area contributed by atoms with E-state index in [1.54, 1.807) is 18.2 Å². The fourth-order valence-corrected chi connectivity index (χ4v) is 1.40. The van der Waals surface area contributed by atoms with Crippen molar-refractivity contribution in [3.8, 4) is 0 Å². The minimum absolute atomic E-state index is 0.00460. The second kappa shape index (κ2) is 4.30. The van der Waals surface area contributed by atoms with Gasteiger partial charge in [0.2, 0.25) is 11.9 Å². The second-order valence-electron chi connectivity index (χ2n) is 3.66. The molecule has 0 aliphatic heterocycles. The molecule has 2 aromatic rings. The van der Waals surface area contributed by atoms with Crippen LogP contribution in [0.15, 0.2) is 18.2 Å². The molecule has 0 bridgehead atoms. The molecule has 1 aromatic heterocycles. The number of H-pyrrole nitrogens is 1. The summed E-state index contributed by atoms with van der Waals surface area (Å²) in [6.07, 6.45) is -1.24. The summed E-state index contributed by atoms with van der Waals surface area (Å²) in [4.78, 5) is 17.8. The number of anilines is 2. The van der Waals surface area contributed by atoms with Crippen molar-refractivity contribution in [3.05, 3.63) is 18.2 Å². The number of aromatic amines is 1. The Balaban J connectivity index is 2.12. The number of amides is 1. The number of aliphatic hydroxyl groups excluding tert-OH is 1. The standard InChI is InChI=1S/C10H13N5O2/c11-5-1-2-6-7(3-5)15-10(14-6)13-4-8(16)9(12)17/h1-3,8,16H,4,11H2,(H2,12,17)(H2,13,14,15). The first kappa shape index (κ1) is 11.2. The SMILES string of the molecule is NC(=O)C(O)CNc1nc2ccc(N)cc2[nH]1. The third-order valence-electron chi connectivity index (χ3n) is 2.30. The lowest BCUT2D eigenvalue weighted by atomic mass is 10.3. The van der Waals surface area contributed by atoms with Crippen molar-refractivity contribution in [2.75, 3.05) is 17.6 Å². The number of primary amides is 1. The highest BCUT2D eigenvalue weighted by Gasteiger charge is 2.11. The fourth-order valence-electron chi connectivity index (χ4n) is 1.40. The number of nitrogens with one attached hydrogen (secondary N) is 2. The summed E-state index contributed by atoms with van der Waals surface area (Å²) in [7, 11) is 0. The lowest BCUT2D eigenvalue weighted by Crippen LogP contribution is -2.34. The molecule has 0 aliphatic carbocycles. The van der Waals surface area contributed by atoms with E-state index in [9.17, 15) is 9.90 Å². The quantitative estimate of drug-likeness (QED) is 0.452. The predicted molar refractivity (Wildman–Crippen MR) is 64.2 cm³/mol. The van der Waals surface area contributed by atoms with Crippen LogP contribution in [0, 0.1) is 0 Å². The summed E-state index contributed by atoms with van der Waals surface area (Å²) in [5.74, 6) is -0.330. The van der Waals surface area contributed by atoms with E-state index in [4.69, 9.17) is 11.5 Å². The Hall–Kier alpha value is -2.28. The number of hydrogen-bond donors (Lipinski definition) is 5. The molecule has 7 heteroatoms. The van der Waals surface area contributed by atoms with Gasteiger partial charge in [0.15, 0.2) is 0 Å². The molecular weight excluding hydrogens is 222 g/mol. The molecule has 0 saturated carbocycles. The minimum atomic E-state index is -1.24. The number of nitrogens with two attached hydrogens (primary N) is 2. The smallest absolute Gasteiger partial charge is 0.248 e. The molecular formula is C10H13N5O2. The van der Waals surface area contributed by atoms with E-state index in [1.807, 2.05) is 0 Å². The predicted octanol–water partition coefficient (Wildman–Crippen LogP) is -0.597. The number of aromatic nitrogens is 2. The van der Waals surface area contributed by atoms with Gasteiger partial charge in [-0.25, -0.2) is 4.98 Å². The molecule has 7 N–H and O–H groups in total. The van der Waals surface area contributed by atoms with Crippen LogP contribution < -0.4 is 16.8 Å². The van der Waals surface area contributed by atoms with Crippen molar-refractivity contribution < 1.29 is 9.90 Å². The lowest BCUT2D eigenvalue weighted by molar-refractivity contribution is -0.125. The molecule has 1 atom stereocenters. The van der Waals surface area contributed by atoms with Gasteiger partial charge in [-0.15, -0.1) is 0 Å². The number of rotatable bonds is 4. The Kier molecular flexibility index (Phi) is 2.84. The molecule has 7 nitrogen and oxygen atoms in total. The first-order chi connectivity index (χ1) is 8.06. The Morgan fingerprint density at radius 3 is 3.06 bits per heavy atom. The van der Waals surface area contributed by atoms with Gasteiger partial charge in [-0.05, 0) is 18.2 Å². The largest absolute Gasteiger partial charge is 0.399 e. The van der Waals surface area contributed by atoms with Gasteiger partial charge in [0.25, 0.3) is 0 Å². The van der Waals surface area contributed by atoms with Gasteiger partial charge < -0.3 is 26.9 Å². The highest BCUT2D eigenvalue weighted by atomic mass is 16.3. The summed E-state index contributed by atoms with van der Waals surface area (Å²) in [5, 5.41) is 12.0. The van der Waals surface area contributed by atoms with Crippen LogP contribution in [0.3, 0.4) is 0 Å². The highest BCUT2D eigenvalue weighted by molar-refractivity contribution is 5.81. The van der Waals surface area contributed by atoms with Crippen molar-refractivity contribution in [1.82, 2.24) is 9.97 Å². The maximum Gasteiger partial charge on any atom is 0.248 e. The van der Waals surface area contributed by atoms with E-state index in [-0.39, 0.29) is 6.54 Å². The Labute approximate surface area is 96.8 Å². The number of imidazole rings is 1. The Morgan fingerprint density at radius 1 is 1.59 bits per heavy atom. The zero-order valence-corrected chi connectivity index (χ0v) is 8.97. The van der Waals surface area contributed by atoms with Crippen molar-refractivity contribution in [2.45, 2.75) is 6.10 Å². The van der Waals surface area contributed by atoms with Gasteiger partial charge in [0, 0.05) is 5.69 Å². The van der Waals surface area contributed by atoms with Gasteiger partial charge in [-0.2, -0.15) is 0 Å². The molecule has 0 spiro atoms. The summed E-state index contributed by atoms with van der Waals surface area (Å²) in [6.45, 7) is 0.00460. The van der Waals surface area contributed by atoms with Gasteiger partial charge in [0.05, 0.1) is 17.6 Å². The Bertz CT molecular complexity index is 551. The van der Waals surface area contributed by atoms with Crippen LogP contribution in [0.1, 0.15) is 0 Å². The molecule has 17 heavy (non-hydrogen) atoms. The zero-order chi connectivity index (χ0) is 12.4. The maximum atomic E-state index is 10.6. The normalized spacial score (nSPS) is 12.5. The summed E-state index contributed by atoms with van der Waals surface area (Å²) >= 11 is 0. The summed E-state index contributed by atoms with van der Waals surface area (Å²) < 4.78 is 0. The number of fused-ring (bicyclic) bond motifs is 1. The van der Waals surface area contributed by atoms with E-state index in [0.717, 1.165) is 11.0 Å². The molecule has 0 fully saturated rings. The molecule has 1 aromatic carbocycles. The van der Waals surface area contributed by atoms with Crippen LogP contribution in [0.4, 0.5) is 11.6 Å². The number of carbonyl (C=O) groups excluding carboxylic acids is 1. The van der Waals surface area contributed by atoms with Gasteiger partial charge in [0.1, 0.15) is 6.10 Å². The molecule has 1 amide bonds.